The van der Waals surface area contributed by atoms with Gasteiger partial charge in [-0.25, -0.2) is 8.42 Å². The van der Waals surface area contributed by atoms with Crippen LogP contribution in [0.25, 0.3) is 0 Å². The highest BCUT2D eigenvalue weighted by atomic mass is 32.2. The molecule has 0 spiro atoms. The van der Waals surface area contributed by atoms with Crippen molar-refractivity contribution in [1.82, 2.24) is 5.32 Å². The molecule has 0 saturated heterocycles. The number of hydrogen-bond donors (Lipinski definition) is 1. The first-order valence-corrected chi connectivity index (χ1v) is 11.7. The van der Waals surface area contributed by atoms with Crippen molar-refractivity contribution in [3.8, 4) is 11.5 Å². The summed E-state index contributed by atoms with van der Waals surface area (Å²) in [6.45, 7) is 2.19. The van der Waals surface area contributed by atoms with E-state index in [0.717, 1.165) is 24.0 Å². The summed E-state index contributed by atoms with van der Waals surface area (Å²) >= 11 is 0. The molecule has 0 aliphatic rings. The van der Waals surface area contributed by atoms with Gasteiger partial charge in [-0.1, -0.05) is 31.2 Å². The summed E-state index contributed by atoms with van der Waals surface area (Å²) in [7, 11) is -0.409. The minimum absolute atomic E-state index is 0.108. The van der Waals surface area contributed by atoms with Crippen LogP contribution in [0.3, 0.4) is 0 Å². The SMILES string of the molecule is CCC(NC(=O)CCCN(c1ccccc1OC)S(C)(=O)=O)c1ccc(OC)cc1. The smallest absolute Gasteiger partial charge is 0.232 e. The average molecular weight is 435 g/mol. The Morgan fingerprint density at radius 1 is 1.07 bits per heavy atom. The van der Waals surface area contributed by atoms with Crippen LogP contribution in [-0.2, 0) is 14.8 Å². The van der Waals surface area contributed by atoms with Gasteiger partial charge in [0.05, 0.1) is 32.2 Å². The van der Waals surface area contributed by atoms with Crippen molar-refractivity contribution in [1.29, 1.82) is 0 Å². The van der Waals surface area contributed by atoms with Gasteiger partial charge in [0.1, 0.15) is 11.5 Å². The fourth-order valence-electron chi connectivity index (χ4n) is 3.21. The number of para-hydroxylation sites is 2. The van der Waals surface area contributed by atoms with E-state index in [4.69, 9.17) is 9.47 Å². The molecule has 1 amide bonds. The summed E-state index contributed by atoms with van der Waals surface area (Å²) in [5, 5.41) is 3.02. The molecule has 2 aromatic carbocycles. The molecule has 0 aliphatic carbocycles. The molecule has 30 heavy (non-hydrogen) atoms. The lowest BCUT2D eigenvalue weighted by Crippen LogP contribution is -2.33. The highest BCUT2D eigenvalue weighted by molar-refractivity contribution is 7.92. The van der Waals surface area contributed by atoms with Gasteiger partial charge in [-0.05, 0) is 42.7 Å². The first-order chi connectivity index (χ1) is 14.3. The van der Waals surface area contributed by atoms with Crippen molar-refractivity contribution in [2.75, 3.05) is 31.3 Å². The Balaban J connectivity index is 1.99. The summed E-state index contributed by atoms with van der Waals surface area (Å²) in [6, 6.07) is 14.4. The Kier molecular flexibility index (Phi) is 8.53. The summed E-state index contributed by atoms with van der Waals surface area (Å²) in [4.78, 5) is 12.5. The Morgan fingerprint density at radius 2 is 1.73 bits per heavy atom. The molecule has 0 radical (unpaired) electrons. The molecule has 0 aromatic heterocycles. The monoisotopic (exact) mass is 434 g/mol. The number of hydrogen-bond acceptors (Lipinski definition) is 5. The van der Waals surface area contributed by atoms with Crippen molar-refractivity contribution in [2.45, 2.75) is 32.2 Å². The number of anilines is 1. The molecule has 2 rings (SSSR count). The van der Waals surface area contributed by atoms with Crippen LogP contribution in [0.4, 0.5) is 5.69 Å². The quantitative estimate of drug-likeness (QED) is 0.585. The maximum atomic E-state index is 12.5. The summed E-state index contributed by atoms with van der Waals surface area (Å²) in [6.07, 6.45) is 2.49. The molecule has 164 valence electrons. The van der Waals surface area contributed by atoms with Gasteiger partial charge >= 0.3 is 0 Å². The van der Waals surface area contributed by atoms with Gasteiger partial charge in [-0.3, -0.25) is 9.10 Å². The third-order valence-corrected chi connectivity index (χ3v) is 5.96. The number of amides is 1. The van der Waals surface area contributed by atoms with Gasteiger partial charge in [0, 0.05) is 13.0 Å². The highest BCUT2D eigenvalue weighted by Gasteiger charge is 2.21. The first-order valence-electron chi connectivity index (χ1n) is 9.84. The fraction of sp³-hybridized carbons (Fsp3) is 0.409. The van der Waals surface area contributed by atoms with Crippen molar-refractivity contribution < 1.29 is 22.7 Å². The van der Waals surface area contributed by atoms with Crippen LogP contribution in [0.1, 0.15) is 37.8 Å². The average Bonchev–Trinajstić information content (AvgIpc) is 2.74. The Hall–Kier alpha value is -2.74. The number of ether oxygens (including phenoxy) is 2. The number of nitrogens with zero attached hydrogens (tertiary/aromatic N) is 1. The maximum absolute atomic E-state index is 12.5. The fourth-order valence-corrected chi connectivity index (χ4v) is 4.18. The lowest BCUT2D eigenvalue weighted by atomic mass is 10.0. The lowest BCUT2D eigenvalue weighted by Gasteiger charge is -2.24. The van der Waals surface area contributed by atoms with E-state index in [-0.39, 0.29) is 24.9 Å². The molecule has 1 N–H and O–H groups in total. The van der Waals surface area contributed by atoms with Crippen LogP contribution >= 0.6 is 0 Å². The third-order valence-electron chi connectivity index (χ3n) is 4.78. The lowest BCUT2D eigenvalue weighted by molar-refractivity contribution is -0.121. The van der Waals surface area contributed by atoms with Crippen LogP contribution in [0.15, 0.2) is 48.5 Å². The molecule has 1 atom stereocenters. The zero-order chi connectivity index (χ0) is 22.1. The summed E-state index contributed by atoms with van der Waals surface area (Å²) in [5.74, 6) is 1.11. The minimum atomic E-state index is -3.52. The van der Waals surface area contributed by atoms with E-state index in [9.17, 15) is 13.2 Å². The molecule has 0 saturated carbocycles. The highest BCUT2D eigenvalue weighted by Crippen LogP contribution is 2.29. The van der Waals surface area contributed by atoms with E-state index >= 15 is 0 Å². The molecule has 0 aliphatic heterocycles. The number of methoxy groups -OCH3 is 2. The molecule has 1 unspecified atom stereocenters. The number of sulfonamides is 1. The predicted octanol–water partition coefficient (Wildman–Crippen LogP) is 3.52. The minimum Gasteiger partial charge on any atom is -0.497 e. The van der Waals surface area contributed by atoms with Crippen LogP contribution in [0.2, 0.25) is 0 Å². The number of benzene rings is 2. The standard InChI is InChI=1S/C22H30N2O5S/c1-5-19(17-12-14-18(28-2)15-13-17)23-22(25)11-8-16-24(30(4,26)27)20-9-6-7-10-21(20)29-3/h6-7,9-10,12-15,19H,5,8,11,16H2,1-4H3,(H,23,25). The topological polar surface area (TPSA) is 84.9 Å². The van der Waals surface area contributed by atoms with Crippen molar-refractivity contribution in [2.24, 2.45) is 0 Å². The van der Waals surface area contributed by atoms with Gasteiger partial charge < -0.3 is 14.8 Å². The Labute approximate surface area is 179 Å². The van der Waals surface area contributed by atoms with E-state index in [1.54, 1.807) is 31.4 Å². The Bertz CT molecular complexity index is 929. The zero-order valence-corrected chi connectivity index (χ0v) is 18.7. The Morgan fingerprint density at radius 3 is 2.30 bits per heavy atom. The van der Waals surface area contributed by atoms with Crippen molar-refractivity contribution >= 4 is 21.6 Å². The second-order valence-corrected chi connectivity index (χ2v) is 8.82. The number of nitrogens with one attached hydrogen (secondary N) is 1. The van der Waals surface area contributed by atoms with Crippen LogP contribution < -0.4 is 19.1 Å². The van der Waals surface area contributed by atoms with Crippen LogP contribution in [0, 0.1) is 0 Å². The van der Waals surface area contributed by atoms with E-state index in [1.165, 1.54) is 11.4 Å². The summed E-state index contributed by atoms with van der Waals surface area (Å²) in [5.41, 5.74) is 1.46. The number of carbonyl (C=O) groups is 1. The van der Waals surface area contributed by atoms with Crippen LogP contribution in [0.5, 0.6) is 11.5 Å². The zero-order valence-electron chi connectivity index (χ0n) is 17.9. The molecule has 2 aromatic rings. The third kappa shape index (κ3) is 6.38. The first kappa shape index (κ1) is 23.5. The molecule has 0 heterocycles. The number of carbonyl (C=O) groups excluding carboxylic acids is 1. The normalized spacial score (nSPS) is 12.1. The van der Waals surface area contributed by atoms with E-state index in [1.807, 2.05) is 31.2 Å². The number of rotatable bonds is 11. The van der Waals surface area contributed by atoms with E-state index in [2.05, 4.69) is 5.32 Å². The second-order valence-electron chi connectivity index (χ2n) is 6.91. The molecule has 7 nitrogen and oxygen atoms in total. The molecular formula is C22H30N2O5S. The molecule has 8 heteroatoms. The largest absolute Gasteiger partial charge is 0.497 e. The predicted molar refractivity (Wildman–Crippen MR) is 119 cm³/mol. The van der Waals surface area contributed by atoms with E-state index < -0.39 is 10.0 Å². The molecule has 0 bridgehead atoms. The summed E-state index contributed by atoms with van der Waals surface area (Å²) < 4.78 is 36.3. The van der Waals surface area contributed by atoms with E-state index in [0.29, 0.717) is 17.9 Å². The molecule has 0 fully saturated rings. The van der Waals surface area contributed by atoms with Gasteiger partial charge in [0.2, 0.25) is 15.9 Å². The van der Waals surface area contributed by atoms with Gasteiger partial charge in [-0.15, -0.1) is 0 Å². The van der Waals surface area contributed by atoms with Crippen molar-refractivity contribution in [3.63, 3.8) is 0 Å². The van der Waals surface area contributed by atoms with Crippen molar-refractivity contribution in [3.05, 3.63) is 54.1 Å². The van der Waals surface area contributed by atoms with Gasteiger partial charge in [0.15, 0.2) is 0 Å². The van der Waals surface area contributed by atoms with Gasteiger partial charge in [-0.2, -0.15) is 0 Å². The molecular weight excluding hydrogens is 404 g/mol. The maximum Gasteiger partial charge on any atom is 0.232 e. The second kappa shape index (κ2) is 10.9. The van der Waals surface area contributed by atoms with Crippen LogP contribution in [-0.4, -0.2) is 41.3 Å². The van der Waals surface area contributed by atoms with Gasteiger partial charge in [0.25, 0.3) is 0 Å².